The summed E-state index contributed by atoms with van der Waals surface area (Å²) in [4.78, 5) is 14.9. The summed E-state index contributed by atoms with van der Waals surface area (Å²) < 4.78 is 0. The zero-order valence-corrected chi connectivity index (χ0v) is 20.3. The average molecular weight is 567 g/mol. The van der Waals surface area contributed by atoms with Gasteiger partial charge in [-0.25, -0.2) is 0 Å². The Labute approximate surface area is 187 Å². The van der Waals surface area contributed by atoms with Crippen molar-refractivity contribution in [3.8, 4) is 11.3 Å². The number of hydrogen-bond donors (Lipinski definition) is 1. The van der Waals surface area contributed by atoms with Gasteiger partial charge in [0, 0.05) is 26.2 Å². The smallest absolute Gasteiger partial charge is 0.155 e. The van der Waals surface area contributed by atoms with Gasteiger partial charge in [0.1, 0.15) is 0 Å². The summed E-state index contributed by atoms with van der Waals surface area (Å²) in [5.41, 5.74) is 8.19. The molecule has 155 valence electrons. The van der Waals surface area contributed by atoms with Gasteiger partial charge in [0.15, 0.2) is 5.78 Å². The minimum Gasteiger partial charge on any atom is -0.512 e. The van der Waals surface area contributed by atoms with E-state index >= 15 is 0 Å². The molecule has 0 spiro atoms. The van der Waals surface area contributed by atoms with Crippen molar-refractivity contribution in [2.24, 2.45) is 0 Å². The predicted molar refractivity (Wildman–Crippen MR) is 117 cm³/mol. The van der Waals surface area contributed by atoms with E-state index in [-0.39, 0.29) is 31.6 Å². The predicted octanol–water partition coefficient (Wildman–Crippen LogP) is 6.22. The van der Waals surface area contributed by atoms with Crippen molar-refractivity contribution in [1.29, 1.82) is 0 Å². The third-order valence-electron chi connectivity index (χ3n) is 4.25. The van der Waals surface area contributed by atoms with Crippen LogP contribution in [0.5, 0.6) is 0 Å². The molecule has 0 aliphatic heterocycles. The Bertz CT molecular complexity index is 1010. The molecule has 3 aromatic rings. The van der Waals surface area contributed by atoms with E-state index in [9.17, 15) is 4.79 Å². The molecule has 0 bridgehead atoms. The molecule has 0 aliphatic rings. The van der Waals surface area contributed by atoms with Crippen LogP contribution >= 0.6 is 0 Å². The second kappa shape index (κ2) is 11.0. The van der Waals surface area contributed by atoms with E-state index in [0.717, 1.165) is 28.8 Å². The summed E-state index contributed by atoms with van der Waals surface area (Å²) in [5.74, 6) is -0.0625. The average Bonchev–Trinajstić information content (AvgIpc) is 2.59. The van der Waals surface area contributed by atoms with E-state index in [4.69, 9.17) is 10.1 Å². The third-order valence-corrected chi connectivity index (χ3v) is 4.25. The number of carbonyl (C=O) groups is 1. The molecule has 0 aliphatic carbocycles. The van der Waals surface area contributed by atoms with Crippen molar-refractivity contribution in [3.05, 3.63) is 76.6 Å². The van der Waals surface area contributed by atoms with Crippen molar-refractivity contribution in [2.45, 2.75) is 48.0 Å². The van der Waals surface area contributed by atoms with Crippen molar-refractivity contribution in [2.75, 3.05) is 0 Å². The summed E-state index contributed by atoms with van der Waals surface area (Å²) in [7, 11) is 0. The fourth-order valence-corrected chi connectivity index (χ4v) is 3.14. The van der Waals surface area contributed by atoms with Gasteiger partial charge < -0.3 is 5.11 Å². The summed E-state index contributed by atoms with van der Waals surface area (Å²) in [5, 5.41) is 9.58. The van der Waals surface area contributed by atoms with Crippen LogP contribution < -0.4 is 0 Å². The van der Waals surface area contributed by atoms with E-state index < -0.39 is 0 Å². The Morgan fingerprint density at radius 2 is 1.76 bits per heavy atom. The first kappa shape index (κ1) is 24.7. The third kappa shape index (κ3) is 7.23. The van der Waals surface area contributed by atoms with Crippen LogP contribution in [0.25, 0.3) is 22.2 Å². The van der Waals surface area contributed by atoms with Crippen LogP contribution in [0.2, 0.25) is 0 Å². The first-order chi connectivity index (χ1) is 13.2. The number of hydrogen-bond acceptors (Lipinski definition) is 3. The topological polar surface area (TPSA) is 50.2 Å². The van der Waals surface area contributed by atoms with Crippen LogP contribution in [0.1, 0.15) is 43.0 Å². The number of aromatic nitrogens is 1. The Balaban J connectivity index is 0.000000456. The second-order valence-electron chi connectivity index (χ2n) is 7.20. The zero-order valence-electron chi connectivity index (χ0n) is 17.9. The number of ketones is 1. The Morgan fingerprint density at radius 3 is 2.28 bits per heavy atom. The largest absolute Gasteiger partial charge is 0.512 e. The van der Waals surface area contributed by atoms with Crippen LogP contribution in [-0.4, -0.2) is 15.9 Å². The van der Waals surface area contributed by atoms with Gasteiger partial charge in [0.25, 0.3) is 0 Å². The number of fused-ring (bicyclic) bond motifs is 1. The van der Waals surface area contributed by atoms with Gasteiger partial charge in [-0.3, -0.25) is 9.78 Å². The normalized spacial score (nSPS) is 10.8. The van der Waals surface area contributed by atoms with Gasteiger partial charge in [0.2, 0.25) is 0 Å². The quantitative estimate of drug-likeness (QED) is 0.233. The van der Waals surface area contributed by atoms with E-state index in [2.05, 4.69) is 70.2 Å². The maximum Gasteiger partial charge on any atom is 0.155 e. The molecule has 0 fully saturated rings. The monoisotopic (exact) mass is 567 g/mol. The standard InChI is InChI=1S/C20H20N.C5H8O2.Ir/c1-5-16-12-17-7-6-13(2)11-19(17)21-20(16)18-9-14(3)8-15(4)10-18;1-4(6)3-5(2)7;/h6-9,11-12H,5H2,1-4H3;3,6H,1-2H3;/q-1;;/b;4-3-;. The number of aryl methyl sites for hydroxylation is 4. The number of rotatable bonds is 3. The number of allylic oxidation sites excluding steroid dienone is 2. The Hall–Kier alpha value is -2.29. The fraction of sp³-hybridized carbons (Fsp3) is 0.280. The fourth-order valence-electron chi connectivity index (χ4n) is 3.14. The molecule has 1 aromatic heterocycles. The zero-order chi connectivity index (χ0) is 20.8. The van der Waals surface area contributed by atoms with E-state index in [1.165, 1.54) is 42.0 Å². The number of aliphatic hydroxyl groups excluding tert-OH is 1. The minimum atomic E-state index is -0.125. The molecule has 0 saturated heterocycles. The molecular weight excluding hydrogens is 538 g/mol. The molecule has 0 saturated carbocycles. The summed E-state index contributed by atoms with van der Waals surface area (Å²) >= 11 is 0. The Morgan fingerprint density at radius 1 is 1.07 bits per heavy atom. The number of benzene rings is 2. The Kier molecular flexibility index (Phi) is 9.42. The minimum absolute atomic E-state index is 0. The van der Waals surface area contributed by atoms with Gasteiger partial charge in [-0.05, 0) is 49.9 Å². The summed E-state index contributed by atoms with van der Waals surface area (Å²) in [6.07, 6.45) is 2.15. The number of pyridine rings is 1. The van der Waals surface area contributed by atoms with Gasteiger partial charge in [0.05, 0.1) is 11.3 Å². The van der Waals surface area contributed by atoms with Crippen molar-refractivity contribution in [1.82, 2.24) is 4.98 Å². The van der Waals surface area contributed by atoms with Crippen LogP contribution in [0.4, 0.5) is 0 Å². The molecule has 0 atom stereocenters. The van der Waals surface area contributed by atoms with Gasteiger partial charge in [-0.2, -0.15) is 0 Å². The first-order valence-corrected chi connectivity index (χ1v) is 9.48. The van der Waals surface area contributed by atoms with Gasteiger partial charge >= 0.3 is 0 Å². The van der Waals surface area contributed by atoms with Crippen molar-refractivity contribution in [3.63, 3.8) is 0 Å². The molecule has 1 N–H and O–H groups in total. The summed E-state index contributed by atoms with van der Waals surface area (Å²) in [6.45, 7) is 11.4. The molecule has 4 heteroatoms. The van der Waals surface area contributed by atoms with E-state index in [1.807, 2.05) is 0 Å². The number of aliphatic hydroxyl groups is 1. The van der Waals surface area contributed by atoms with E-state index in [0.29, 0.717) is 0 Å². The first-order valence-electron chi connectivity index (χ1n) is 9.48. The molecule has 3 rings (SSSR count). The van der Waals surface area contributed by atoms with Gasteiger partial charge in [-0.15, -0.1) is 34.9 Å². The number of nitrogens with zero attached hydrogens (tertiary/aromatic N) is 1. The maximum atomic E-state index is 10.0. The molecule has 0 amide bonds. The van der Waals surface area contributed by atoms with Crippen molar-refractivity contribution >= 4 is 16.7 Å². The molecular formula is C25H28IrNO2-. The molecule has 0 unspecified atom stereocenters. The second-order valence-corrected chi connectivity index (χ2v) is 7.20. The number of carbonyl (C=O) groups excluding carboxylic acids is 1. The van der Waals surface area contributed by atoms with Crippen LogP contribution in [0.15, 0.2) is 48.2 Å². The van der Waals surface area contributed by atoms with Crippen molar-refractivity contribution < 1.29 is 30.0 Å². The molecule has 1 heterocycles. The summed E-state index contributed by atoms with van der Waals surface area (Å²) in [6, 6.07) is 16.5. The van der Waals surface area contributed by atoms with Crippen LogP contribution in [-0.2, 0) is 31.3 Å². The van der Waals surface area contributed by atoms with Gasteiger partial charge in [-0.1, -0.05) is 44.5 Å². The van der Waals surface area contributed by atoms with Crippen LogP contribution in [0.3, 0.4) is 0 Å². The van der Waals surface area contributed by atoms with E-state index in [1.54, 1.807) is 0 Å². The molecule has 2 aromatic carbocycles. The molecule has 3 nitrogen and oxygen atoms in total. The van der Waals surface area contributed by atoms with Crippen LogP contribution in [0, 0.1) is 26.8 Å². The maximum absolute atomic E-state index is 10.0. The molecule has 29 heavy (non-hydrogen) atoms. The molecule has 1 radical (unpaired) electrons. The SMILES string of the molecule is CC(=O)/C=C(/C)O.CCc1cc2ccc(C)cc2nc1-c1[c-]c(C)cc(C)c1.[Ir].